The third-order valence-corrected chi connectivity index (χ3v) is 2.68. The molecule has 2 rings (SSSR count). The van der Waals surface area contributed by atoms with Crippen molar-refractivity contribution in [3.63, 3.8) is 0 Å². The molecule has 0 unspecified atom stereocenters. The molecular weight excluding hydrogens is 184 g/mol. The fourth-order valence-corrected chi connectivity index (χ4v) is 2.13. The third-order valence-electron chi connectivity index (χ3n) is 2.68. The number of fused-ring (bicyclic) bond motifs is 1. The van der Waals surface area contributed by atoms with E-state index in [4.69, 9.17) is 5.26 Å². The summed E-state index contributed by atoms with van der Waals surface area (Å²) in [7, 11) is 0. The summed E-state index contributed by atoms with van der Waals surface area (Å²) in [6, 6.07) is 10.6. The van der Waals surface area contributed by atoms with Gasteiger partial charge in [0.15, 0.2) is 0 Å². The SMILES string of the molecule is Cc1cc2cc(C#N)ccc2n1C(C)C. The Morgan fingerprint density at radius 1 is 1.27 bits per heavy atom. The van der Waals surface area contributed by atoms with Gasteiger partial charge in [-0.2, -0.15) is 5.26 Å². The summed E-state index contributed by atoms with van der Waals surface area (Å²) in [5.41, 5.74) is 3.18. The summed E-state index contributed by atoms with van der Waals surface area (Å²) in [5.74, 6) is 0. The van der Waals surface area contributed by atoms with E-state index >= 15 is 0 Å². The molecule has 15 heavy (non-hydrogen) atoms. The number of aromatic nitrogens is 1. The van der Waals surface area contributed by atoms with Gasteiger partial charge in [-0.1, -0.05) is 0 Å². The molecule has 0 radical (unpaired) electrons. The zero-order chi connectivity index (χ0) is 11.0. The van der Waals surface area contributed by atoms with Gasteiger partial charge >= 0.3 is 0 Å². The topological polar surface area (TPSA) is 28.7 Å². The van der Waals surface area contributed by atoms with Gasteiger partial charge < -0.3 is 4.57 Å². The average Bonchev–Trinajstić information content (AvgIpc) is 2.52. The zero-order valence-corrected chi connectivity index (χ0v) is 9.28. The van der Waals surface area contributed by atoms with Gasteiger partial charge in [0.1, 0.15) is 0 Å². The van der Waals surface area contributed by atoms with Gasteiger partial charge in [-0.15, -0.1) is 0 Å². The molecule has 0 atom stereocenters. The molecule has 0 N–H and O–H groups in total. The highest BCUT2D eigenvalue weighted by molar-refractivity contribution is 5.82. The fourth-order valence-electron chi connectivity index (χ4n) is 2.13. The van der Waals surface area contributed by atoms with Crippen LogP contribution in [0.25, 0.3) is 10.9 Å². The van der Waals surface area contributed by atoms with E-state index in [1.807, 2.05) is 18.2 Å². The van der Waals surface area contributed by atoms with Crippen molar-refractivity contribution in [2.45, 2.75) is 26.8 Å². The van der Waals surface area contributed by atoms with E-state index in [9.17, 15) is 0 Å². The second-order valence-corrected chi connectivity index (χ2v) is 4.13. The van der Waals surface area contributed by atoms with E-state index in [2.05, 4.69) is 37.5 Å². The van der Waals surface area contributed by atoms with Gasteiger partial charge in [-0.3, -0.25) is 0 Å². The highest BCUT2D eigenvalue weighted by Crippen LogP contribution is 2.24. The molecular formula is C13H14N2. The Morgan fingerprint density at radius 2 is 2.00 bits per heavy atom. The van der Waals surface area contributed by atoms with Crippen LogP contribution in [0.3, 0.4) is 0 Å². The van der Waals surface area contributed by atoms with E-state index in [-0.39, 0.29) is 0 Å². The first-order valence-corrected chi connectivity index (χ1v) is 5.15. The molecule has 0 spiro atoms. The Kier molecular flexibility index (Phi) is 2.24. The summed E-state index contributed by atoms with van der Waals surface area (Å²) in [4.78, 5) is 0. The van der Waals surface area contributed by atoms with Crippen LogP contribution < -0.4 is 0 Å². The lowest BCUT2D eigenvalue weighted by Crippen LogP contribution is -2.01. The Morgan fingerprint density at radius 3 is 2.60 bits per heavy atom. The van der Waals surface area contributed by atoms with Crippen LogP contribution in [-0.2, 0) is 0 Å². The minimum absolute atomic E-state index is 0.454. The minimum Gasteiger partial charge on any atom is -0.342 e. The maximum Gasteiger partial charge on any atom is 0.0991 e. The second-order valence-electron chi connectivity index (χ2n) is 4.13. The van der Waals surface area contributed by atoms with Gasteiger partial charge in [0.05, 0.1) is 11.6 Å². The molecule has 1 aromatic carbocycles. The zero-order valence-electron chi connectivity index (χ0n) is 9.28. The van der Waals surface area contributed by atoms with Crippen LogP contribution in [0.4, 0.5) is 0 Å². The molecule has 1 aromatic heterocycles. The van der Waals surface area contributed by atoms with E-state index < -0.39 is 0 Å². The molecule has 0 bridgehead atoms. The van der Waals surface area contributed by atoms with Crippen LogP contribution >= 0.6 is 0 Å². The third kappa shape index (κ3) is 1.50. The standard InChI is InChI=1S/C13H14N2/c1-9(2)15-10(3)6-12-7-11(8-14)4-5-13(12)15/h4-7,9H,1-3H3. The summed E-state index contributed by atoms with van der Waals surface area (Å²) < 4.78 is 2.29. The monoisotopic (exact) mass is 198 g/mol. The molecule has 0 aliphatic heterocycles. The predicted octanol–water partition coefficient (Wildman–Crippen LogP) is 3.40. The van der Waals surface area contributed by atoms with E-state index in [1.165, 1.54) is 11.2 Å². The fraction of sp³-hybridized carbons (Fsp3) is 0.308. The molecule has 0 aliphatic carbocycles. The van der Waals surface area contributed by atoms with Crippen molar-refractivity contribution in [3.8, 4) is 6.07 Å². The highest BCUT2D eigenvalue weighted by Gasteiger charge is 2.08. The first kappa shape index (κ1) is 9.79. The number of hydrogen-bond acceptors (Lipinski definition) is 1. The van der Waals surface area contributed by atoms with Crippen molar-refractivity contribution < 1.29 is 0 Å². The first-order chi connectivity index (χ1) is 7.13. The van der Waals surface area contributed by atoms with Crippen LogP contribution in [0.1, 0.15) is 31.1 Å². The van der Waals surface area contributed by atoms with Crippen LogP contribution in [0.5, 0.6) is 0 Å². The Hall–Kier alpha value is -1.75. The molecule has 0 saturated heterocycles. The largest absolute Gasteiger partial charge is 0.342 e. The first-order valence-electron chi connectivity index (χ1n) is 5.15. The Bertz CT molecular complexity index is 541. The maximum atomic E-state index is 8.83. The molecule has 2 heteroatoms. The van der Waals surface area contributed by atoms with Gasteiger partial charge in [0.2, 0.25) is 0 Å². The maximum absolute atomic E-state index is 8.83. The van der Waals surface area contributed by atoms with Crippen molar-refractivity contribution in [2.75, 3.05) is 0 Å². The van der Waals surface area contributed by atoms with E-state index in [1.54, 1.807) is 0 Å². The lowest BCUT2D eigenvalue weighted by Gasteiger charge is -2.12. The van der Waals surface area contributed by atoms with Gasteiger partial charge in [-0.05, 0) is 45.0 Å². The average molecular weight is 198 g/mol. The van der Waals surface area contributed by atoms with Crippen molar-refractivity contribution in [3.05, 3.63) is 35.5 Å². The molecule has 2 nitrogen and oxygen atoms in total. The van der Waals surface area contributed by atoms with Crippen molar-refractivity contribution in [2.24, 2.45) is 0 Å². The number of nitrogens with zero attached hydrogens (tertiary/aromatic N) is 2. The van der Waals surface area contributed by atoms with Gasteiger partial charge in [0.25, 0.3) is 0 Å². The normalized spacial score (nSPS) is 10.9. The summed E-state index contributed by atoms with van der Waals surface area (Å²) in [5, 5.41) is 9.98. The van der Waals surface area contributed by atoms with Crippen molar-refractivity contribution >= 4 is 10.9 Å². The van der Waals surface area contributed by atoms with Crippen LogP contribution in [0.15, 0.2) is 24.3 Å². The smallest absolute Gasteiger partial charge is 0.0991 e. The molecule has 0 amide bonds. The minimum atomic E-state index is 0.454. The Balaban J connectivity index is 2.75. The number of benzene rings is 1. The van der Waals surface area contributed by atoms with Crippen LogP contribution in [0.2, 0.25) is 0 Å². The molecule has 0 fully saturated rings. The lowest BCUT2D eigenvalue weighted by atomic mass is 10.2. The lowest BCUT2D eigenvalue weighted by molar-refractivity contribution is 0.608. The predicted molar refractivity (Wildman–Crippen MR) is 61.8 cm³/mol. The molecule has 0 saturated carbocycles. The molecule has 2 aromatic rings. The summed E-state index contributed by atoms with van der Waals surface area (Å²) in [6.07, 6.45) is 0. The molecule has 1 heterocycles. The van der Waals surface area contributed by atoms with Crippen molar-refractivity contribution in [1.82, 2.24) is 4.57 Å². The number of rotatable bonds is 1. The highest BCUT2D eigenvalue weighted by atomic mass is 15.0. The molecule has 0 aliphatic rings. The second kappa shape index (κ2) is 3.43. The number of hydrogen-bond donors (Lipinski definition) is 0. The quantitative estimate of drug-likeness (QED) is 0.690. The van der Waals surface area contributed by atoms with E-state index in [0.717, 1.165) is 10.9 Å². The van der Waals surface area contributed by atoms with Gasteiger partial charge in [0, 0.05) is 22.6 Å². The Labute approximate surface area is 89.7 Å². The van der Waals surface area contributed by atoms with Crippen LogP contribution in [0, 0.1) is 18.3 Å². The molecule has 76 valence electrons. The van der Waals surface area contributed by atoms with Gasteiger partial charge in [-0.25, -0.2) is 0 Å². The summed E-state index contributed by atoms with van der Waals surface area (Å²) >= 11 is 0. The van der Waals surface area contributed by atoms with E-state index in [0.29, 0.717) is 6.04 Å². The van der Waals surface area contributed by atoms with Crippen LogP contribution in [-0.4, -0.2) is 4.57 Å². The van der Waals surface area contributed by atoms with Crippen molar-refractivity contribution in [1.29, 1.82) is 5.26 Å². The number of aryl methyl sites for hydroxylation is 1. The number of nitriles is 1. The summed E-state index contributed by atoms with van der Waals surface area (Å²) in [6.45, 7) is 6.45.